The lowest BCUT2D eigenvalue weighted by molar-refractivity contribution is -0.143. The predicted molar refractivity (Wildman–Crippen MR) is 132 cm³/mol. The van der Waals surface area contributed by atoms with Gasteiger partial charge in [0, 0.05) is 36.8 Å². The molecule has 3 unspecified atom stereocenters. The van der Waals surface area contributed by atoms with E-state index in [0.29, 0.717) is 12.5 Å². The average molecular weight is 464 g/mol. The molecule has 7 heteroatoms. The Morgan fingerprint density at radius 2 is 1.88 bits per heavy atom. The summed E-state index contributed by atoms with van der Waals surface area (Å²) < 4.78 is 2.38. The van der Waals surface area contributed by atoms with Crippen molar-refractivity contribution in [3.05, 3.63) is 59.4 Å². The molecule has 0 spiro atoms. The number of aliphatic carboxylic acids is 1. The summed E-state index contributed by atoms with van der Waals surface area (Å²) in [5.74, 6) is 0.143. The number of carboxylic acid groups (broad SMARTS) is 2. The molecule has 0 saturated heterocycles. The monoisotopic (exact) mass is 463 g/mol. The lowest BCUT2D eigenvalue weighted by Crippen LogP contribution is -2.33. The van der Waals surface area contributed by atoms with Crippen molar-refractivity contribution in [2.24, 2.45) is 5.92 Å². The van der Waals surface area contributed by atoms with Crippen LogP contribution in [0.3, 0.4) is 0 Å². The van der Waals surface area contributed by atoms with Crippen LogP contribution in [-0.4, -0.2) is 45.3 Å². The molecule has 1 saturated carbocycles. The van der Waals surface area contributed by atoms with Crippen LogP contribution in [0.2, 0.25) is 0 Å². The summed E-state index contributed by atoms with van der Waals surface area (Å²) in [7, 11) is 2.18. The van der Waals surface area contributed by atoms with Crippen molar-refractivity contribution in [2.75, 3.05) is 11.9 Å². The number of carbonyl (C=O) groups is 2. The number of fused-ring (bicyclic) bond motifs is 3. The van der Waals surface area contributed by atoms with Crippen molar-refractivity contribution in [1.29, 1.82) is 0 Å². The molecule has 0 bridgehead atoms. The first-order chi connectivity index (χ1) is 16.4. The van der Waals surface area contributed by atoms with E-state index in [4.69, 9.17) is 14.9 Å². The molecule has 3 atom stereocenters. The smallest absolute Gasteiger partial charge is 0.306 e. The van der Waals surface area contributed by atoms with Gasteiger partial charge in [-0.15, -0.1) is 0 Å². The minimum absolute atomic E-state index is 0.192. The Bertz CT molecular complexity index is 1160. The molecule has 5 rings (SSSR count). The van der Waals surface area contributed by atoms with E-state index in [1.54, 1.807) is 0 Å². The fraction of sp³-hybridized carbons (Fsp3) is 0.444. The Morgan fingerprint density at radius 1 is 1.15 bits per heavy atom. The van der Waals surface area contributed by atoms with Gasteiger partial charge in [-0.25, -0.2) is 4.98 Å². The third-order valence-corrected chi connectivity index (χ3v) is 7.43. The predicted octanol–water partition coefficient (Wildman–Crippen LogP) is 4.91. The minimum atomic E-state index is -0.660. The van der Waals surface area contributed by atoms with Crippen molar-refractivity contribution in [3.63, 3.8) is 0 Å². The first-order valence-corrected chi connectivity index (χ1v) is 12.0. The number of rotatable bonds is 4. The van der Waals surface area contributed by atoms with Gasteiger partial charge in [0.1, 0.15) is 5.82 Å². The van der Waals surface area contributed by atoms with Crippen LogP contribution in [0.1, 0.15) is 62.0 Å². The van der Waals surface area contributed by atoms with Gasteiger partial charge in [0.2, 0.25) is 0 Å². The SMILES string of the molecule is CC1CCc2c(ccc3c2nc(Cc2ccccc2)n3C2CCCC(C(=O)O)C2)N1C.O=CO. The molecule has 180 valence electrons. The third kappa shape index (κ3) is 4.65. The van der Waals surface area contributed by atoms with Crippen molar-refractivity contribution in [2.45, 2.75) is 64.0 Å². The quantitative estimate of drug-likeness (QED) is 0.534. The zero-order valence-electron chi connectivity index (χ0n) is 19.9. The highest BCUT2D eigenvalue weighted by atomic mass is 16.4. The van der Waals surface area contributed by atoms with Crippen LogP contribution < -0.4 is 4.90 Å². The Kier molecular flexibility index (Phi) is 7.20. The Morgan fingerprint density at radius 3 is 2.59 bits per heavy atom. The van der Waals surface area contributed by atoms with Gasteiger partial charge < -0.3 is 19.7 Å². The molecule has 1 aliphatic carbocycles. The number of carboxylic acids is 1. The van der Waals surface area contributed by atoms with Gasteiger partial charge in [-0.2, -0.15) is 0 Å². The van der Waals surface area contributed by atoms with E-state index in [1.807, 2.05) is 6.07 Å². The molecule has 2 aromatic carbocycles. The normalized spacial score (nSPS) is 21.9. The van der Waals surface area contributed by atoms with Crippen molar-refractivity contribution in [3.8, 4) is 0 Å². The van der Waals surface area contributed by atoms with Crippen molar-refractivity contribution < 1.29 is 19.8 Å². The second-order valence-electron chi connectivity index (χ2n) is 9.45. The van der Waals surface area contributed by atoms with Gasteiger partial charge in [-0.3, -0.25) is 9.59 Å². The minimum Gasteiger partial charge on any atom is -0.483 e. The van der Waals surface area contributed by atoms with Gasteiger partial charge in [-0.05, 0) is 56.7 Å². The first-order valence-electron chi connectivity index (χ1n) is 12.0. The Balaban J connectivity index is 0.000000868. The lowest BCUT2D eigenvalue weighted by atomic mass is 9.85. The highest BCUT2D eigenvalue weighted by Gasteiger charge is 2.31. The van der Waals surface area contributed by atoms with Crippen molar-refractivity contribution >= 4 is 29.2 Å². The van der Waals surface area contributed by atoms with Gasteiger partial charge in [0.05, 0.1) is 17.0 Å². The van der Waals surface area contributed by atoms with Gasteiger partial charge in [-0.1, -0.05) is 36.8 Å². The summed E-state index contributed by atoms with van der Waals surface area (Å²) in [6.07, 6.45) is 6.39. The number of anilines is 1. The van der Waals surface area contributed by atoms with Crippen LogP contribution >= 0.6 is 0 Å². The van der Waals surface area contributed by atoms with Crippen LogP contribution in [0.5, 0.6) is 0 Å². The first kappa shape index (κ1) is 23.8. The molecule has 2 aliphatic rings. The number of hydrogen-bond donors (Lipinski definition) is 2. The van der Waals surface area contributed by atoms with Crippen LogP contribution in [0.25, 0.3) is 11.0 Å². The zero-order valence-corrected chi connectivity index (χ0v) is 19.9. The number of benzene rings is 2. The van der Waals surface area contributed by atoms with Gasteiger partial charge in [0.15, 0.2) is 0 Å². The molecule has 3 aromatic rings. The van der Waals surface area contributed by atoms with E-state index in [0.717, 1.165) is 49.9 Å². The molecule has 1 aromatic heterocycles. The fourth-order valence-corrected chi connectivity index (χ4v) is 5.55. The summed E-state index contributed by atoms with van der Waals surface area (Å²) >= 11 is 0. The summed E-state index contributed by atoms with van der Waals surface area (Å²) in [6.45, 7) is 2.03. The largest absolute Gasteiger partial charge is 0.483 e. The van der Waals surface area contributed by atoms with E-state index in [9.17, 15) is 9.90 Å². The van der Waals surface area contributed by atoms with Crippen LogP contribution in [-0.2, 0) is 22.4 Å². The number of imidazole rings is 1. The van der Waals surface area contributed by atoms with Crippen molar-refractivity contribution in [1.82, 2.24) is 9.55 Å². The molecule has 2 N–H and O–H groups in total. The van der Waals surface area contributed by atoms with Gasteiger partial charge >= 0.3 is 5.97 Å². The Hall–Kier alpha value is -3.35. The number of nitrogens with zero attached hydrogens (tertiary/aromatic N) is 3. The molecule has 34 heavy (non-hydrogen) atoms. The number of aryl methyl sites for hydroxylation is 1. The molecule has 2 heterocycles. The summed E-state index contributed by atoms with van der Waals surface area (Å²) in [4.78, 5) is 27.7. The summed E-state index contributed by atoms with van der Waals surface area (Å²) in [6, 6.07) is 15.7. The summed E-state index contributed by atoms with van der Waals surface area (Å²) in [5, 5.41) is 16.5. The molecule has 1 fully saturated rings. The fourth-order valence-electron chi connectivity index (χ4n) is 5.55. The second-order valence-corrected chi connectivity index (χ2v) is 9.45. The molecule has 0 radical (unpaired) electrons. The topological polar surface area (TPSA) is 95.7 Å². The van der Waals surface area contributed by atoms with Crippen LogP contribution in [0.15, 0.2) is 42.5 Å². The zero-order chi connectivity index (χ0) is 24.2. The molecular weight excluding hydrogens is 430 g/mol. The second kappa shape index (κ2) is 10.3. The van der Waals surface area contributed by atoms with E-state index < -0.39 is 5.97 Å². The molecular formula is C27H33N3O4. The average Bonchev–Trinajstić information content (AvgIpc) is 3.20. The number of hydrogen-bond acceptors (Lipinski definition) is 4. The Labute approximate surface area is 200 Å². The molecule has 1 aliphatic heterocycles. The molecule has 0 amide bonds. The molecule has 7 nitrogen and oxygen atoms in total. The lowest BCUT2D eigenvalue weighted by Gasteiger charge is -2.34. The highest BCUT2D eigenvalue weighted by molar-refractivity contribution is 5.86. The highest BCUT2D eigenvalue weighted by Crippen LogP contribution is 2.40. The van der Waals surface area contributed by atoms with Crippen LogP contribution in [0, 0.1) is 5.92 Å². The maximum absolute atomic E-state index is 11.7. The van der Waals surface area contributed by atoms with Gasteiger partial charge in [0.25, 0.3) is 6.47 Å². The van der Waals surface area contributed by atoms with E-state index >= 15 is 0 Å². The van der Waals surface area contributed by atoms with Crippen LogP contribution in [0.4, 0.5) is 5.69 Å². The third-order valence-electron chi connectivity index (χ3n) is 7.43. The van der Waals surface area contributed by atoms with E-state index in [-0.39, 0.29) is 18.4 Å². The maximum atomic E-state index is 11.7. The standard InChI is InChI=1S/C26H31N3O2.CH2O2/c1-17-11-12-21-22(28(17)2)13-14-23-25(21)27-24(15-18-7-4-3-5-8-18)29(23)20-10-6-9-19(16-20)26(30)31;2-1-3/h3-5,7-8,13-14,17,19-20H,6,9-12,15-16H2,1-2H3,(H,30,31);1H,(H,2,3). The number of aromatic nitrogens is 2. The van der Waals surface area contributed by atoms with E-state index in [1.165, 1.54) is 22.3 Å². The summed E-state index contributed by atoms with van der Waals surface area (Å²) in [5.41, 5.74) is 6.15. The maximum Gasteiger partial charge on any atom is 0.306 e. The van der Waals surface area contributed by atoms with E-state index in [2.05, 4.69) is 59.8 Å².